The quantitative estimate of drug-likeness (QED) is 0.877. The van der Waals surface area contributed by atoms with Gasteiger partial charge in [0.05, 0.1) is 4.90 Å². The molecule has 0 bridgehead atoms. The molecule has 2 rings (SSSR count). The molecule has 1 aliphatic carbocycles. The number of hydrogen-bond donors (Lipinski definition) is 2. The topological polar surface area (TPSA) is 72.2 Å². The van der Waals surface area contributed by atoms with Crippen LogP contribution in [0.25, 0.3) is 0 Å². The van der Waals surface area contributed by atoms with E-state index in [1.807, 2.05) is 6.92 Å². The molecule has 0 aromatic heterocycles. The van der Waals surface area contributed by atoms with Gasteiger partial charge in [-0.25, -0.2) is 17.5 Å². The molecule has 1 unspecified atom stereocenters. The fourth-order valence-corrected chi connectivity index (χ4v) is 4.58. The van der Waals surface area contributed by atoms with Crippen molar-refractivity contribution in [2.75, 3.05) is 0 Å². The number of nitrogens with one attached hydrogen (secondary N) is 1. The minimum Gasteiger partial charge on any atom is -0.326 e. The maximum absolute atomic E-state index is 13.8. The Labute approximate surface area is 126 Å². The van der Waals surface area contributed by atoms with Gasteiger partial charge in [0.25, 0.3) is 0 Å². The van der Waals surface area contributed by atoms with Crippen LogP contribution in [0.4, 0.5) is 4.39 Å². The number of rotatable bonds is 5. The number of halogens is 1. The van der Waals surface area contributed by atoms with Gasteiger partial charge in [-0.05, 0) is 50.3 Å². The number of sulfonamides is 1. The van der Waals surface area contributed by atoms with Crippen molar-refractivity contribution in [2.24, 2.45) is 11.7 Å². The van der Waals surface area contributed by atoms with Crippen molar-refractivity contribution in [2.45, 2.75) is 57.0 Å². The largest absolute Gasteiger partial charge is 0.326 e. The van der Waals surface area contributed by atoms with E-state index in [4.69, 9.17) is 5.73 Å². The normalized spacial score (nSPS) is 18.1. The Bertz CT molecular complexity index is 610. The minimum atomic E-state index is -3.73. The van der Waals surface area contributed by atoms with E-state index in [1.165, 1.54) is 19.1 Å². The average Bonchev–Trinajstić information content (AvgIpc) is 2.95. The Balaban J connectivity index is 2.28. The molecule has 118 valence electrons. The third-order valence-corrected chi connectivity index (χ3v) is 6.01. The molecular formula is C15H23FN2O2S. The van der Waals surface area contributed by atoms with Crippen molar-refractivity contribution in [3.05, 3.63) is 29.1 Å². The summed E-state index contributed by atoms with van der Waals surface area (Å²) in [5.74, 6) is -0.172. The molecule has 0 amide bonds. The predicted molar refractivity (Wildman–Crippen MR) is 80.8 cm³/mol. The van der Waals surface area contributed by atoms with E-state index in [0.29, 0.717) is 11.5 Å². The molecule has 0 saturated heterocycles. The van der Waals surface area contributed by atoms with Gasteiger partial charge in [-0.15, -0.1) is 0 Å². The molecule has 1 aromatic carbocycles. The fraction of sp³-hybridized carbons (Fsp3) is 0.600. The second-order valence-corrected chi connectivity index (χ2v) is 7.54. The summed E-state index contributed by atoms with van der Waals surface area (Å²) < 4.78 is 41.6. The van der Waals surface area contributed by atoms with Gasteiger partial charge in [-0.1, -0.05) is 12.8 Å². The fourth-order valence-electron chi connectivity index (χ4n) is 2.97. The molecule has 21 heavy (non-hydrogen) atoms. The highest BCUT2D eigenvalue weighted by molar-refractivity contribution is 7.89. The minimum absolute atomic E-state index is 0.00667. The van der Waals surface area contributed by atoms with Crippen molar-refractivity contribution >= 4 is 10.0 Å². The summed E-state index contributed by atoms with van der Waals surface area (Å²) in [6.45, 7) is 3.47. The molecule has 0 aliphatic heterocycles. The average molecular weight is 314 g/mol. The van der Waals surface area contributed by atoms with Gasteiger partial charge in [-0.3, -0.25) is 0 Å². The SMILES string of the molecule is Cc1c(F)cc(CN)cc1S(=O)(=O)NC(C)C1CCCC1. The van der Waals surface area contributed by atoms with Gasteiger partial charge in [0.1, 0.15) is 5.82 Å². The van der Waals surface area contributed by atoms with Crippen molar-refractivity contribution in [1.82, 2.24) is 4.72 Å². The van der Waals surface area contributed by atoms with Gasteiger partial charge >= 0.3 is 0 Å². The van der Waals surface area contributed by atoms with Crippen LogP contribution in [0.3, 0.4) is 0 Å². The van der Waals surface area contributed by atoms with Crippen LogP contribution in [0.2, 0.25) is 0 Å². The lowest BCUT2D eigenvalue weighted by Crippen LogP contribution is -2.37. The van der Waals surface area contributed by atoms with Crippen LogP contribution in [-0.4, -0.2) is 14.5 Å². The van der Waals surface area contributed by atoms with E-state index >= 15 is 0 Å². The molecule has 4 nitrogen and oxygen atoms in total. The summed E-state index contributed by atoms with van der Waals surface area (Å²) in [6, 6.07) is 2.61. The van der Waals surface area contributed by atoms with Gasteiger partial charge in [0, 0.05) is 18.2 Å². The van der Waals surface area contributed by atoms with Crippen LogP contribution in [0, 0.1) is 18.7 Å². The maximum atomic E-state index is 13.8. The summed E-state index contributed by atoms with van der Waals surface area (Å²) in [4.78, 5) is -0.00667. The van der Waals surface area contributed by atoms with Gasteiger partial charge in [0.2, 0.25) is 10.0 Å². The third kappa shape index (κ3) is 3.62. The highest BCUT2D eigenvalue weighted by Gasteiger charge is 2.27. The van der Waals surface area contributed by atoms with E-state index in [9.17, 15) is 12.8 Å². The van der Waals surface area contributed by atoms with Crippen LogP contribution in [0.1, 0.15) is 43.7 Å². The van der Waals surface area contributed by atoms with Crippen LogP contribution in [0.15, 0.2) is 17.0 Å². The van der Waals surface area contributed by atoms with Crippen molar-refractivity contribution in [3.8, 4) is 0 Å². The number of benzene rings is 1. The monoisotopic (exact) mass is 314 g/mol. The molecule has 3 N–H and O–H groups in total. The van der Waals surface area contributed by atoms with E-state index in [1.54, 1.807) is 0 Å². The zero-order chi connectivity index (χ0) is 15.6. The summed E-state index contributed by atoms with van der Waals surface area (Å²) in [7, 11) is -3.73. The lowest BCUT2D eigenvalue weighted by atomic mass is 10.0. The van der Waals surface area contributed by atoms with Gasteiger partial charge < -0.3 is 5.73 Å². The van der Waals surface area contributed by atoms with Gasteiger partial charge in [-0.2, -0.15) is 0 Å². The zero-order valence-electron chi connectivity index (χ0n) is 12.5. The first-order valence-corrected chi connectivity index (χ1v) is 8.85. The summed E-state index contributed by atoms with van der Waals surface area (Å²) >= 11 is 0. The highest BCUT2D eigenvalue weighted by Crippen LogP contribution is 2.29. The molecule has 1 saturated carbocycles. The number of hydrogen-bond acceptors (Lipinski definition) is 3. The molecule has 1 atom stereocenters. The maximum Gasteiger partial charge on any atom is 0.241 e. The van der Waals surface area contributed by atoms with Crippen LogP contribution >= 0.6 is 0 Å². The smallest absolute Gasteiger partial charge is 0.241 e. The lowest BCUT2D eigenvalue weighted by Gasteiger charge is -2.21. The van der Waals surface area contributed by atoms with E-state index < -0.39 is 15.8 Å². The Kier molecular flexibility index (Phi) is 5.01. The molecule has 6 heteroatoms. The first-order chi connectivity index (χ1) is 9.85. The first-order valence-electron chi connectivity index (χ1n) is 7.36. The van der Waals surface area contributed by atoms with Crippen LogP contribution < -0.4 is 10.5 Å². The predicted octanol–water partition coefficient (Wildman–Crippen LogP) is 2.45. The summed E-state index contributed by atoms with van der Waals surface area (Å²) in [5.41, 5.74) is 6.12. The lowest BCUT2D eigenvalue weighted by molar-refractivity contribution is 0.423. The Hall–Kier alpha value is -0.980. The Morgan fingerprint density at radius 2 is 2.00 bits per heavy atom. The molecule has 1 aromatic rings. The molecule has 0 heterocycles. The second-order valence-electron chi connectivity index (χ2n) is 5.86. The van der Waals surface area contributed by atoms with E-state index in [2.05, 4.69) is 4.72 Å². The van der Waals surface area contributed by atoms with Crippen LogP contribution in [-0.2, 0) is 16.6 Å². The number of nitrogens with two attached hydrogens (primary N) is 1. The van der Waals surface area contributed by atoms with Crippen LogP contribution in [0.5, 0.6) is 0 Å². The van der Waals surface area contributed by atoms with E-state index in [-0.39, 0.29) is 23.0 Å². The highest BCUT2D eigenvalue weighted by atomic mass is 32.2. The van der Waals surface area contributed by atoms with Crippen molar-refractivity contribution in [1.29, 1.82) is 0 Å². The first kappa shape index (κ1) is 16.4. The summed E-state index contributed by atoms with van der Waals surface area (Å²) in [5, 5.41) is 0. The Morgan fingerprint density at radius 3 is 2.57 bits per heavy atom. The Morgan fingerprint density at radius 1 is 1.38 bits per heavy atom. The standard InChI is InChI=1S/C15H23FN2O2S/c1-10-14(16)7-12(9-17)8-15(10)21(19,20)18-11(2)13-5-3-4-6-13/h7-8,11,13,18H,3-6,9,17H2,1-2H3. The third-order valence-electron chi connectivity index (χ3n) is 4.33. The molecule has 0 radical (unpaired) electrons. The molecular weight excluding hydrogens is 291 g/mol. The summed E-state index contributed by atoms with van der Waals surface area (Å²) in [6.07, 6.45) is 4.37. The molecule has 0 spiro atoms. The van der Waals surface area contributed by atoms with Crippen molar-refractivity contribution in [3.63, 3.8) is 0 Å². The molecule has 1 aliphatic rings. The van der Waals surface area contributed by atoms with E-state index in [0.717, 1.165) is 25.7 Å². The van der Waals surface area contributed by atoms with Gasteiger partial charge in [0.15, 0.2) is 0 Å². The van der Waals surface area contributed by atoms with Crippen molar-refractivity contribution < 1.29 is 12.8 Å². The molecule has 1 fully saturated rings. The second kappa shape index (κ2) is 6.42. The zero-order valence-corrected chi connectivity index (χ0v) is 13.3.